The number of rotatable bonds is 6. The number of pyridine rings is 1. The molecule has 1 heterocycles. The van der Waals surface area contributed by atoms with E-state index in [4.69, 9.17) is 5.73 Å². The van der Waals surface area contributed by atoms with Gasteiger partial charge in [-0.3, -0.25) is 14.4 Å². The van der Waals surface area contributed by atoms with Crippen molar-refractivity contribution in [2.24, 2.45) is 5.73 Å². The van der Waals surface area contributed by atoms with Crippen LogP contribution in [0.5, 0.6) is 0 Å². The molecule has 3 N–H and O–H groups in total. The van der Waals surface area contributed by atoms with Crippen LogP contribution >= 0.6 is 0 Å². The lowest BCUT2D eigenvalue weighted by Gasteiger charge is -2.35. The molecule has 0 bridgehead atoms. The second-order valence-corrected chi connectivity index (χ2v) is 6.72. The fourth-order valence-corrected chi connectivity index (χ4v) is 3.32. The fraction of sp³-hybridized carbons (Fsp3) is 0.136. The first-order valence-corrected chi connectivity index (χ1v) is 9.10. The molecule has 0 fully saturated rings. The molecule has 0 aliphatic carbocycles. The third kappa shape index (κ3) is 4.27. The molecule has 2 aromatic carbocycles. The van der Waals surface area contributed by atoms with Crippen molar-refractivity contribution in [1.29, 1.82) is 0 Å². The second-order valence-electron chi connectivity index (χ2n) is 6.72. The number of primary amides is 1. The van der Waals surface area contributed by atoms with Crippen molar-refractivity contribution in [3.8, 4) is 0 Å². The Morgan fingerprint density at radius 1 is 0.967 bits per heavy atom. The SMILES string of the molecule is C[C@H](c1cc(F)cc(F)c1)N(C(=O)c1ccc[nH]c1=O)[C@@H](C(N)=O)c1ccccc1. The maximum Gasteiger partial charge on any atom is 0.260 e. The van der Waals surface area contributed by atoms with Gasteiger partial charge in [-0.1, -0.05) is 30.3 Å². The van der Waals surface area contributed by atoms with Crippen LogP contribution < -0.4 is 11.3 Å². The van der Waals surface area contributed by atoms with Crippen LogP contribution in [-0.2, 0) is 4.79 Å². The molecule has 2 atom stereocenters. The first-order chi connectivity index (χ1) is 14.3. The van der Waals surface area contributed by atoms with Crippen LogP contribution in [0.3, 0.4) is 0 Å². The highest BCUT2D eigenvalue weighted by Gasteiger charge is 2.35. The van der Waals surface area contributed by atoms with Crippen molar-refractivity contribution in [3.63, 3.8) is 0 Å². The van der Waals surface area contributed by atoms with Gasteiger partial charge >= 0.3 is 0 Å². The highest BCUT2D eigenvalue weighted by molar-refractivity contribution is 5.97. The van der Waals surface area contributed by atoms with Crippen molar-refractivity contribution in [2.45, 2.75) is 19.0 Å². The summed E-state index contributed by atoms with van der Waals surface area (Å²) >= 11 is 0. The molecule has 6 nitrogen and oxygen atoms in total. The lowest BCUT2D eigenvalue weighted by Crippen LogP contribution is -2.44. The van der Waals surface area contributed by atoms with Crippen LogP contribution in [0.4, 0.5) is 8.78 Å². The van der Waals surface area contributed by atoms with E-state index < -0.39 is 41.1 Å². The molecule has 1 aromatic heterocycles. The fourth-order valence-electron chi connectivity index (χ4n) is 3.32. The van der Waals surface area contributed by atoms with E-state index in [-0.39, 0.29) is 11.1 Å². The normalized spacial score (nSPS) is 12.8. The molecule has 2 amide bonds. The average Bonchev–Trinajstić information content (AvgIpc) is 2.71. The summed E-state index contributed by atoms with van der Waals surface area (Å²) in [7, 11) is 0. The van der Waals surface area contributed by atoms with E-state index in [1.807, 2.05) is 0 Å². The Morgan fingerprint density at radius 3 is 2.17 bits per heavy atom. The summed E-state index contributed by atoms with van der Waals surface area (Å²) in [5.41, 5.74) is 5.24. The number of H-pyrrole nitrogens is 1. The van der Waals surface area contributed by atoms with Gasteiger partial charge in [0.05, 0.1) is 6.04 Å². The zero-order valence-corrected chi connectivity index (χ0v) is 16.0. The molecule has 0 spiro atoms. The van der Waals surface area contributed by atoms with Gasteiger partial charge in [-0.05, 0) is 42.3 Å². The Hall–Kier alpha value is -3.81. The molecule has 0 aliphatic rings. The molecule has 0 radical (unpaired) electrons. The molecule has 0 aliphatic heterocycles. The molecule has 3 aromatic rings. The Balaban J connectivity index is 2.19. The Kier molecular flexibility index (Phi) is 6.06. The number of nitrogens with zero attached hydrogens (tertiary/aromatic N) is 1. The predicted octanol–water partition coefficient (Wildman–Crippen LogP) is 3.08. The molecule has 0 unspecified atom stereocenters. The molecule has 154 valence electrons. The van der Waals surface area contributed by atoms with Crippen LogP contribution in [-0.4, -0.2) is 21.7 Å². The third-order valence-electron chi connectivity index (χ3n) is 4.73. The minimum absolute atomic E-state index is 0.107. The number of nitrogens with two attached hydrogens (primary N) is 1. The van der Waals surface area contributed by atoms with Gasteiger partial charge < -0.3 is 15.6 Å². The van der Waals surface area contributed by atoms with E-state index in [2.05, 4.69) is 4.98 Å². The number of carbonyl (C=O) groups excluding carboxylic acids is 2. The maximum atomic E-state index is 13.8. The van der Waals surface area contributed by atoms with Gasteiger partial charge in [0.15, 0.2) is 0 Å². The van der Waals surface area contributed by atoms with E-state index in [1.54, 1.807) is 30.3 Å². The number of nitrogens with one attached hydrogen (secondary N) is 1. The van der Waals surface area contributed by atoms with Crippen molar-refractivity contribution >= 4 is 11.8 Å². The molecular weight excluding hydrogens is 392 g/mol. The lowest BCUT2D eigenvalue weighted by atomic mass is 9.98. The van der Waals surface area contributed by atoms with Gasteiger partial charge in [-0.15, -0.1) is 0 Å². The quantitative estimate of drug-likeness (QED) is 0.652. The zero-order chi connectivity index (χ0) is 21.8. The summed E-state index contributed by atoms with van der Waals surface area (Å²) in [6, 6.07) is 11.6. The van der Waals surface area contributed by atoms with Crippen LogP contribution in [0.15, 0.2) is 71.7 Å². The second kappa shape index (κ2) is 8.69. The average molecular weight is 411 g/mol. The Labute approximate surface area is 171 Å². The molecule has 0 saturated carbocycles. The van der Waals surface area contributed by atoms with Crippen LogP contribution in [0.25, 0.3) is 0 Å². The highest BCUT2D eigenvalue weighted by Crippen LogP contribution is 2.32. The predicted molar refractivity (Wildman–Crippen MR) is 106 cm³/mol. The van der Waals surface area contributed by atoms with Crippen molar-refractivity contribution in [1.82, 2.24) is 9.88 Å². The van der Waals surface area contributed by atoms with Gasteiger partial charge in [0.25, 0.3) is 11.5 Å². The van der Waals surface area contributed by atoms with Gasteiger partial charge in [-0.2, -0.15) is 0 Å². The summed E-state index contributed by atoms with van der Waals surface area (Å²) in [4.78, 5) is 41.5. The minimum Gasteiger partial charge on any atom is -0.368 e. The van der Waals surface area contributed by atoms with E-state index in [0.29, 0.717) is 11.6 Å². The standard InChI is InChI=1S/C22H19F2N3O3/c1-13(15-10-16(23)12-17(24)11-15)27(22(30)18-8-5-9-26-21(18)29)19(20(25)28)14-6-3-2-4-7-14/h2-13,19H,1H3,(H2,25,28)(H,26,29)/t13-,19-/m1/s1. The topological polar surface area (TPSA) is 96.3 Å². The van der Waals surface area contributed by atoms with E-state index in [0.717, 1.165) is 17.0 Å². The van der Waals surface area contributed by atoms with Gasteiger partial charge in [0.1, 0.15) is 23.2 Å². The largest absolute Gasteiger partial charge is 0.368 e. The number of aromatic nitrogens is 1. The third-order valence-corrected chi connectivity index (χ3v) is 4.73. The Bertz CT molecular complexity index is 1110. The van der Waals surface area contributed by atoms with E-state index in [1.165, 1.54) is 25.3 Å². The summed E-state index contributed by atoms with van der Waals surface area (Å²) < 4.78 is 27.7. The first kappa shape index (κ1) is 20.9. The first-order valence-electron chi connectivity index (χ1n) is 9.10. The van der Waals surface area contributed by atoms with Crippen molar-refractivity contribution < 1.29 is 18.4 Å². The molecule has 8 heteroatoms. The maximum absolute atomic E-state index is 13.8. The van der Waals surface area contributed by atoms with Crippen LogP contribution in [0.1, 0.15) is 40.5 Å². The molecule has 3 rings (SSSR count). The number of amides is 2. The number of halogens is 2. The van der Waals surface area contributed by atoms with Gasteiger partial charge in [0, 0.05) is 12.3 Å². The molecular formula is C22H19F2N3O3. The summed E-state index contributed by atoms with van der Waals surface area (Å²) in [6.07, 6.45) is 1.36. The summed E-state index contributed by atoms with van der Waals surface area (Å²) in [6.45, 7) is 1.50. The minimum atomic E-state index is -1.28. The van der Waals surface area contributed by atoms with Crippen molar-refractivity contribution in [2.75, 3.05) is 0 Å². The van der Waals surface area contributed by atoms with Crippen LogP contribution in [0.2, 0.25) is 0 Å². The van der Waals surface area contributed by atoms with Crippen LogP contribution in [0, 0.1) is 11.6 Å². The smallest absolute Gasteiger partial charge is 0.260 e. The van der Waals surface area contributed by atoms with E-state index >= 15 is 0 Å². The molecule has 30 heavy (non-hydrogen) atoms. The summed E-state index contributed by atoms with van der Waals surface area (Å²) in [5.74, 6) is -3.33. The number of hydrogen-bond acceptors (Lipinski definition) is 3. The van der Waals surface area contributed by atoms with Gasteiger partial charge in [-0.25, -0.2) is 8.78 Å². The zero-order valence-electron chi connectivity index (χ0n) is 16.0. The number of carbonyl (C=O) groups is 2. The lowest BCUT2D eigenvalue weighted by molar-refractivity contribution is -0.123. The number of aromatic amines is 1. The monoisotopic (exact) mass is 411 g/mol. The number of benzene rings is 2. The number of hydrogen-bond donors (Lipinski definition) is 2. The highest BCUT2D eigenvalue weighted by atomic mass is 19.1. The van der Waals surface area contributed by atoms with E-state index in [9.17, 15) is 23.2 Å². The van der Waals surface area contributed by atoms with Crippen molar-refractivity contribution in [3.05, 3.63) is 106 Å². The molecule has 0 saturated heterocycles. The Morgan fingerprint density at radius 2 is 1.60 bits per heavy atom. The van der Waals surface area contributed by atoms with Gasteiger partial charge in [0.2, 0.25) is 5.91 Å². The summed E-state index contributed by atoms with van der Waals surface area (Å²) in [5, 5.41) is 0.